The zero-order chi connectivity index (χ0) is 14.1. The molecule has 0 heterocycles. The summed E-state index contributed by atoms with van der Waals surface area (Å²) < 4.78 is 5.17. The lowest BCUT2D eigenvalue weighted by molar-refractivity contribution is 0.172. The number of rotatable bonds is 9. The molecule has 0 radical (unpaired) electrons. The van der Waals surface area contributed by atoms with E-state index in [-0.39, 0.29) is 0 Å². The van der Waals surface area contributed by atoms with Crippen LogP contribution in [-0.2, 0) is 4.74 Å². The van der Waals surface area contributed by atoms with Gasteiger partial charge in [0.2, 0.25) is 0 Å². The van der Waals surface area contributed by atoms with Crippen LogP contribution in [0.2, 0.25) is 5.02 Å². The number of halogens is 1. The van der Waals surface area contributed by atoms with Gasteiger partial charge in [-0.05, 0) is 37.1 Å². The van der Waals surface area contributed by atoms with Crippen molar-refractivity contribution < 1.29 is 4.74 Å². The van der Waals surface area contributed by atoms with Crippen LogP contribution in [0, 0.1) is 5.92 Å². The quantitative estimate of drug-likeness (QED) is 0.694. The maximum Gasteiger partial charge on any atom is 0.0465 e. The van der Waals surface area contributed by atoms with Crippen molar-refractivity contribution in [3.05, 3.63) is 29.3 Å². The molecule has 0 spiro atoms. The first-order valence-corrected chi connectivity index (χ1v) is 8.14. The van der Waals surface area contributed by atoms with E-state index < -0.39 is 0 Å². The maximum absolute atomic E-state index is 6.01. The molecule has 1 N–H and O–H groups in total. The largest absolute Gasteiger partial charge is 0.385 e. The van der Waals surface area contributed by atoms with Gasteiger partial charge in [-0.2, -0.15) is 0 Å². The first-order chi connectivity index (χ1) is 9.17. The van der Waals surface area contributed by atoms with Crippen molar-refractivity contribution >= 4 is 23.4 Å². The fourth-order valence-corrected chi connectivity index (χ4v) is 3.39. The van der Waals surface area contributed by atoms with Crippen LogP contribution in [0.3, 0.4) is 0 Å². The van der Waals surface area contributed by atoms with E-state index in [1.165, 1.54) is 4.90 Å². The summed E-state index contributed by atoms with van der Waals surface area (Å²) in [5.41, 5.74) is 0. The smallest absolute Gasteiger partial charge is 0.0465 e. The lowest BCUT2D eigenvalue weighted by Gasteiger charge is -2.24. The lowest BCUT2D eigenvalue weighted by atomic mass is 10.0. The molecule has 2 unspecified atom stereocenters. The molecule has 2 atom stereocenters. The molecule has 0 bridgehead atoms. The molecule has 0 aromatic heterocycles. The van der Waals surface area contributed by atoms with Gasteiger partial charge in [0, 0.05) is 35.4 Å². The molecule has 0 saturated heterocycles. The molecule has 0 aliphatic rings. The third kappa shape index (κ3) is 6.66. The van der Waals surface area contributed by atoms with E-state index in [9.17, 15) is 0 Å². The van der Waals surface area contributed by atoms with Crippen molar-refractivity contribution in [3.63, 3.8) is 0 Å². The molecule has 19 heavy (non-hydrogen) atoms. The van der Waals surface area contributed by atoms with E-state index in [4.69, 9.17) is 16.3 Å². The van der Waals surface area contributed by atoms with Crippen LogP contribution in [0.1, 0.15) is 20.3 Å². The summed E-state index contributed by atoms with van der Waals surface area (Å²) >= 11 is 7.86. The summed E-state index contributed by atoms with van der Waals surface area (Å²) in [5.74, 6) is 1.66. The molecule has 1 rings (SSSR count). The Balaban J connectivity index is 2.48. The van der Waals surface area contributed by atoms with E-state index in [0.29, 0.717) is 12.0 Å². The van der Waals surface area contributed by atoms with Gasteiger partial charge >= 0.3 is 0 Å². The summed E-state index contributed by atoms with van der Waals surface area (Å²) in [6, 6.07) is 8.55. The number of thioether (sulfide) groups is 1. The van der Waals surface area contributed by atoms with Crippen LogP contribution >= 0.6 is 23.4 Å². The number of methoxy groups -OCH3 is 1. The molecule has 0 saturated carbocycles. The number of benzene rings is 1. The number of hydrogen-bond donors (Lipinski definition) is 1. The van der Waals surface area contributed by atoms with Crippen molar-refractivity contribution in [2.45, 2.75) is 31.2 Å². The Morgan fingerprint density at radius 2 is 2.21 bits per heavy atom. The van der Waals surface area contributed by atoms with Gasteiger partial charge in [0.05, 0.1) is 0 Å². The zero-order valence-corrected chi connectivity index (χ0v) is 13.6. The van der Waals surface area contributed by atoms with Gasteiger partial charge < -0.3 is 10.1 Å². The fourth-order valence-electron chi connectivity index (χ4n) is 1.93. The van der Waals surface area contributed by atoms with Gasteiger partial charge in [0.25, 0.3) is 0 Å². The molecular formula is C15H24ClNOS. The van der Waals surface area contributed by atoms with Crippen molar-refractivity contribution in [2.24, 2.45) is 5.92 Å². The Kier molecular flexibility index (Phi) is 8.55. The second-order valence-electron chi connectivity index (χ2n) is 4.69. The van der Waals surface area contributed by atoms with Gasteiger partial charge in [0.15, 0.2) is 0 Å². The Bertz CT molecular complexity index is 362. The summed E-state index contributed by atoms with van der Waals surface area (Å²) in [6.45, 7) is 6.26. The van der Waals surface area contributed by atoms with Gasteiger partial charge in [0.1, 0.15) is 0 Å². The number of nitrogens with one attached hydrogen (secondary N) is 1. The second-order valence-corrected chi connectivity index (χ2v) is 6.22. The molecule has 0 fully saturated rings. The molecule has 1 aromatic rings. The van der Waals surface area contributed by atoms with E-state index in [1.807, 2.05) is 30.0 Å². The molecular weight excluding hydrogens is 278 g/mol. The highest BCUT2D eigenvalue weighted by atomic mass is 35.5. The Labute approximate surface area is 126 Å². The SMILES string of the molecule is CCNC(CSc1cccc(Cl)c1)C(C)CCOC. The van der Waals surface area contributed by atoms with E-state index >= 15 is 0 Å². The van der Waals surface area contributed by atoms with E-state index in [1.54, 1.807) is 7.11 Å². The normalized spacial score (nSPS) is 14.3. The second kappa shape index (κ2) is 9.65. The Morgan fingerprint density at radius 1 is 1.42 bits per heavy atom. The van der Waals surface area contributed by atoms with Crippen LogP contribution in [0.5, 0.6) is 0 Å². The number of ether oxygens (including phenoxy) is 1. The van der Waals surface area contributed by atoms with E-state index in [0.717, 1.165) is 30.3 Å². The van der Waals surface area contributed by atoms with E-state index in [2.05, 4.69) is 25.2 Å². The summed E-state index contributed by atoms with van der Waals surface area (Å²) in [4.78, 5) is 1.23. The average Bonchev–Trinajstić information content (AvgIpc) is 2.41. The lowest BCUT2D eigenvalue weighted by Crippen LogP contribution is -2.37. The highest BCUT2D eigenvalue weighted by Crippen LogP contribution is 2.24. The van der Waals surface area contributed by atoms with Crippen LogP contribution in [0.4, 0.5) is 0 Å². The predicted octanol–water partition coefficient (Wildman–Crippen LogP) is 4.08. The van der Waals surface area contributed by atoms with Crippen molar-refractivity contribution in [3.8, 4) is 0 Å². The minimum Gasteiger partial charge on any atom is -0.385 e. The first kappa shape index (κ1) is 16.8. The average molecular weight is 302 g/mol. The van der Waals surface area contributed by atoms with Crippen LogP contribution in [0.15, 0.2) is 29.2 Å². The third-order valence-corrected chi connectivity index (χ3v) is 4.50. The van der Waals surface area contributed by atoms with Gasteiger partial charge in [-0.1, -0.05) is 31.5 Å². The van der Waals surface area contributed by atoms with Crippen molar-refractivity contribution in [1.82, 2.24) is 5.32 Å². The standard InChI is InChI=1S/C15H24ClNOS/c1-4-17-15(12(2)8-9-18-3)11-19-14-7-5-6-13(16)10-14/h5-7,10,12,15,17H,4,8-9,11H2,1-3H3. The van der Waals surface area contributed by atoms with Crippen molar-refractivity contribution in [2.75, 3.05) is 26.0 Å². The zero-order valence-electron chi connectivity index (χ0n) is 12.0. The summed E-state index contributed by atoms with van der Waals surface area (Å²) in [6.07, 6.45) is 1.09. The predicted molar refractivity (Wildman–Crippen MR) is 85.3 cm³/mol. The Morgan fingerprint density at radius 3 is 2.84 bits per heavy atom. The minimum absolute atomic E-state index is 0.504. The van der Waals surface area contributed by atoms with Crippen LogP contribution < -0.4 is 5.32 Å². The molecule has 0 amide bonds. The highest BCUT2D eigenvalue weighted by Gasteiger charge is 2.16. The monoisotopic (exact) mass is 301 g/mol. The molecule has 0 aliphatic carbocycles. The van der Waals surface area contributed by atoms with Gasteiger partial charge in [-0.25, -0.2) is 0 Å². The Hall–Kier alpha value is -0.220. The van der Waals surface area contributed by atoms with Crippen LogP contribution in [0.25, 0.3) is 0 Å². The van der Waals surface area contributed by atoms with Gasteiger partial charge in [-0.3, -0.25) is 0 Å². The number of hydrogen-bond acceptors (Lipinski definition) is 3. The molecule has 2 nitrogen and oxygen atoms in total. The first-order valence-electron chi connectivity index (χ1n) is 6.78. The third-order valence-electron chi connectivity index (χ3n) is 3.16. The molecule has 4 heteroatoms. The maximum atomic E-state index is 6.01. The minimum atomic E-state index is 0.504. The van der Waals surface area contributed by atoms with Crippen LogP contribution in [-0.4, -0.2) is 32.1 Å². The van der Waals surface area contributed by atoms with Gasteiger partial charge in [-0.15, -0.1) is 11.8 Å². The summed E-state index contributed by atoms with van der Waals surface area (Å²) in [5, 5.41) is 4.37. The van der Waals surface area contributed by atoms with Crippen molar-refractivity contribution in [1.29, 1.82) is 0 Å². The summed E-state index contributed by atoms with van der Waals surface area (Å²) in [7, 11) is 1.76. The molecule has 0 aliphatic heterocycles. The molecule has 1 aromatic carbocycles. The highest BCUT2D eigenvalue weighted by molar-refractivity contribution is 7.99. The topological polar surface area (TPSA) is 21.3 Å². The fraction of sp³-hybridized carbons (Fsp3) is 0.600. The molecule has 108 valence electrons.